The summed E-state index contributed by atoms with van der Waals surface area (Å²) in [4.78, 5) is 18.9. The highest BCUT2D eigenvalue weighted by atomic mass is 32.2. The lowest BCUT2D eigenvalue weighted by atomic mass is 9.75. The molecule has 180 valence electrons. The minimum atomic E-state index is -3.88. The van der Waals surface area contributed by atoms with Gasteiger partial charge in [-0.3, -0.25) is 4.79 Å². The van der Waals surface area contributed by atoms with E-state index < -0.39 is 16.1 Å². The Hall–Kier alpha value is -2.64. The third kappa shape index (κ3) is 4.91. The number of likely N-dealkylation sites (tertiary alicyclic amines) is 1. The van der Waals surface area contributed by atoms with Gasteiger partial charge in [-0.25, -0.2) is 8.42 Å². The maximum absolute atomic E-state index is 13.7. The SMILES string of the molecule is O=C([C@H](CCc1ccccc1)NS(=O)(=O)c1cccc2[nH]ccc12)N1CCC2CCCC[C@H]2C1. The smallest absolute Gasteiger partial charge is 0.241 e. The van der Waals surface area contributed by atoms with Crippen LogP contribution in [0.15, 0.2) is 65.7 Å². The lowest BCUT2D eigenvalue weighted by molar-refractivity contribution is -0.136. The molecule has 1 aromatic heterocycles. The van der Waals surface area contributed by atoms with E-state index >= 15 is 0 Å². The quantitative estimate of drug-likeness (QED) is 0.524. The van der Waals surface area contributed by atoms with E-state index in [9.17, 15) is 13.2 Å². The summed E-state index contributed by atoms with van der Waals surface area (Å²) in [5, 5.41) is 0.632. The third-order valence-corrected chi connectivity index (χ3v) is 9.14. The lowest BCUT2D eigenvalue weighted by Crippen LogP contribution is -2.53. The molecule has 7 heteroatoms. The van der Waals surface area contributed by atoms with E-state index in [1.165, 1.54) is 25.7 Å². The van der Waals surface area contributed by atoms with Crippen LogP contribution < -0.4 is 4.72 Å². The second kappa shape index (κ2) is 9.92. The normalized spacial score (nSPS) is 21.8. The van der Waals surface area contributed by atoms with Crippen LogP contribution >= 0.6 is 0 Å². The number of aromatic nitrogens is 1. The van der Waals surface area contributed by atoms with Gasteiger partial charge in [0, 0.05) is 30.2 Å². The zero-order chi connectivity index (χ0) is 23.5. The fourth-order valence-electron chi connectivity index (χ4n) is 5.75. The van der Waals surface area contributed by atoms with Gasteiger partial charge in [-0.1, -0.05) is 55.7 Å². The summed E-state index contributed by atoms with van der Waals surface area (Å²) >= 11 is 0. The number of carbonyl (C=O) groups is 1. The summed E-state index contributed by atoms with van der Waals surface area (Å²) in [6.07, 6.45) is 8.77. The van der Waals surface area contributed by atoms with E-state index in [2.05, 4.69) is 9.71 Å². The van der Waals surface area contributed by atoms with E-state index in [0.29, 0.717) is 30.1 Å². The first-order chi connectivity index (χ1) is 16.5. The number of nitrogens with one attached hydrogen (secondary N) is 2. The molecular formula is C27H33N3O3S. The highest BCUT2D eigenvalue weighted by molar-refractivity contribution is 7.89. The lowest BCUT2D eigenvalue weighted by Gasteiger charge is -2.42. The Morgan fingerprint density at radius 1 is 1.00 bits per heavy atom. The molecule has 2 aliphatic rings. The van der Waals surface area contributed by atoms with Crippen LogP contribution in [0, 0.1) is 11.8 Å². The number of rotatable bonds is 7. The number of fused-ring (bicyclic) bond motifs is 2. The molecule has 5 rings (SSSR count). The van der Waals surface area contributed by atoms with Gasteiger partial charge in [-0.15, -0.1) is 0 Å². The van der Waals surface area contributed by atoms with E-state index in [4.69, 9.17) is 0 Å². The fraction of sp³-hybridized carbons (Fsp3) is 0.444. The summed E-state index contributed by atoms with van der Waals surface area (Å²) < 4.78 is 29.8. The first-order valence-corrected chi connectivity index (χ1v) is 13.9. The highest BCUT2D eigenvalue weighted by Gasteiger charge is 2.36. The van der Waals surface area contributed by atoms with Gasteiger partial charge in [-0.2, -0.15) is 4.72 Å². The zero-order valence-electron chi connectivity index (χ0n) is 19.4. The molecule has 1 unspecified atom stereocenters. The third-order valence-electron chi connectivity index (χ3n) is 7.61. The monoisotopic (exact) mass is 479 g/mol. The number of piperidine rings is 1. The Morgan fingerprint density at radius 3 is 2.62 bits per heavy atom. The van der Waals surface area contributed by atoms with Gasteiger partial charge >= 0.3 is 0 Å². The van der Waals surface area contributed by atoms with E-state index in [0.717, 1.165) is 30.6 Å². The van der Waals surface area contributed by atoms with Gasteiger partial charge < -0.3 is 9.88 Å². The number of aromatic amines is 1. The predicted octanol–water partition coefficient (Wildman–Crippen LogP) is 4.49. The van der Waals surface area contributed by atoms with Gasteiger partial charge in [0.25, 0.3) is 0 Å². The molecule has 1 saturated heterocycles. The predicted molar refractivity (Wildman–Crippen MR) is 134 cm³/mol. The van der Waals surface area contributed by atoms with Crippen molar-refractivity contribution in [1.29, 1.82) is 0 Å². The van der Waals surface area contributed by atoms with Crippen LogP contribution in [0.5, 0.6) is 0 Å². The zero-order valence-corrected chi connectivity index (χ0v) is 20.3. The van der Waals surface area contributed by atoms with Crippen LogP contribution in [-0.4, -0.2) is 43.3 Å². The van der Waals surface area contributed by atoms with Gasteiger partial charge in [-0.05, 0) is 61.3 Å². The molecule has 2 heterocycles. The number of sulfonamides is 1. The van der Waals surface area contributed by atoms with Crippen LogP contribution in [0.2, 0.25) is 0 Å². The number of aryl methyl sites for hydroxylation is 1. The Labute approximate surface area is 201 Å². The average molecular weight is 480 g/mol. The van der Waals surface area contributed by atoms with Gasteiger partial charge in [0.05, 0.1) is 4.90 Å². The highest BCUT2D eigenvalue weighted by Crippen LogP contribution is 2.36. The summed E-state index contributed by atoms with van der Waals surface area (Å²) in [5.74, 6) is 1.17. The summed E-state index contributed by atoms with van der Waals surface area (Å²) in [7, 11) is -3.88. The second-order valence-electron chi connectivity index (χ2n) is 9.77. The Bertz CT molecular complexity index is 1240. The molecule has 2 aromatic carbocycles. The molecule has 3 atom stereocenters. The van der Waals surface area contributed by atoms with Crippen LogP contribution in [0.3, 0.4) is 0 Å². The van der Waals surface area contributed by atoms with Crippen molar-refractivity contribution in [2.24, 2.45) is 11.8 Å². The molecule has 1 saturated carbocycles. The number of carbonyl (C=O) groups excluding carboxylic acids is 1. The van der Waals surface area contributed by atoms with Gasteiger partial charge in [0.1, 0.15) is 6.04 Å². The molecule has 6 nitrogen and oxygen atoms in total. The molecule has 1 amide bonds. The minimum Gasteiger partial charge on any atom is -0.361 e. The molecule has 0 radical (unpaired) electrons. The maximum Gasteiger partial charge on any atom is 0.241 e. The molecule has 1 aliphatic heterocycles. The first-order valence-electron chi connectivity index (χ1n) is 12.4. The first kappa shape index (κ1) is 23.1. The molecule has 1 aliphatic carbocycles. The number of benzene rings is 2. The molecule has 2 N–H and O–H groups in total. The summed E-state index contributed by atoms with van der Waals surface area (Å²) in [5.41, 5.74) is 1.85. The Morgan fingerprint density at radius 2 is 1.79 bits per heavy atom. The van der Waals surface area contributed by atoms with Crippen molar-refractivity contribution in [3.05, 3.63) is 66.4 Å². The number of amides is 1. The number of hydrogen-bond acceptors (Lipinski definition) is 3. The molecule has 3 aromatic rings. The van der Waals surface area contributed by atoms with Gasteiger partial charge in [0.2, 0.25) is 15.9 Å². The number of nitrogens with zero attached hydrogens (tertiary/aromatic N) is 1. The van der Waals surface area contributed by atoms with Crippen molar-refractivity contribution in [1.82, 2.24) is 14.6 Å². The average Bonchev–Trinajstić information content (AvgIpc) is 3.35. The van der Waals surface area contributed by atoms with E-state index in [1.54, 1.807) is 24.4 Å². The Kier molecular flexibility index (Phi) is 6.75. The Balaban J connectivity index is 1.38. The topological polar surface area (TPSA) is 82.3 Å². The van der Waals surface area contributed by atoms with Crippen LogP contribution in [0.25, 0.3) is 10.9 Å². The molecule has 34 heavy (non-hydrogen) atoms. The molecule has 0 bridgehead atoms. The van der Waals surface area contributed by atoms with Crippen molar-refractivity contribution in [3.8, 4) is 0 Å². The van der Waals surface area contributed by atoms with Crippen LogP contribution in [0.4, 0.5) is 0 Å². The maximum atomic E-state index is 13.7. The van der Waals surface area contributed by atoms with E-state index in [-0.39, 0.29) is 10.8 Å². The van der Waals surface area contributed by atoms with Gasteiger partial charge in [0.15, 0.2) is 0 Å². The number of H-pyrrole nitrogens is 1. The van der Waals surface area contributed by atoms with Crippen LogP contribution in [0.1, 0.15) is 44.1 Å². The second-order valence-corrected chi connectivity index (χ2v) is 11.5. The van der Waals surface area contributed by atoms with Crippen molar-refractivity contribution in [2.45, 2.75) is 55.9 Å². The number of hydrogen-bond donors (Lipinski definition) is 2. The summed E-state index contributed by atoms with van der Waals surface area (Å²) in [6, 6.07) is 16.1. The van der Waals surface area contributed by atoms with Crippen molar-refractivity contribution in [2.75, 3.05) is 13.1 Å². The van der Waals surface area contributed by atoms with E-state index in [1.807, 2.05) is 41.3 Å². The largest absolute Gasteiger partial charge is 0.361 e. The fourth-order valence-corrected chi connectivity index (χ4v) is 7.20. The summed E-state index contributed by atoms with van der Waals surface area (Å²) in [6.45, 7) is 1.47. The van der Waals surface area contributed by atoms with Crippen molar-refractivity contribution in [3.63, 3.8) is 0 Å². The molecular weight excluding hydrogens is 446 g/mol. The molecule has 2 fully saturated rings. The van der Waals surface area contributed by atoms with Crippen molar-refractivity contribution < 1.29 is 13.2 Å². The minimum absolute atomic E-state index is 0.0928. The molecule has 0 spiro atoms. The standard InChI is InChI=1S/C27H33N3O3S/c31-27(30-18-16-21-9-4-5-10-22(21)19-30)25(14-13-20-7-2-1-3-8-20)29-34(32,33)26-12-6-11-24-23(26)15-17-28-24/h1-3,6-8,11-12,15,17,21-22,25,28-29H,4-5,9-10,13-14,16,18-19H2/t21?,22-,25-/m0/s1. The van der Waals surface area contributed by atoms with Crippen molar-refractivity contribution >= 4 is 26.8 Å². The van der Waals surface area contributed by atoms with Crippen LogP contribution in [-0.2, 0) is 21.2 Å².